The molecule has 5 nitrogen and oxygen atoms in total. The van der Waals surface area contributed by atoms with Gasteiger partial charge in [0.05, 0.1) is 12.0 Å². The smallest absolute Gasteiger partial charge is 0.350 e. The quantitative estimate of drug-likeness (QED) is 0.691. The monoisotopic (exact) mass is 339 g/mol. The number of ether oxygens (including phenoxy) is 1. The molecule has 1 aliphatic heterocycles. The van der Waals surface area contributed by atoms with E-state index in [9.17, 15) is 4.79 Å². The van der Waals surface area contributed by atoms with Gasteiger partial charge in [-0.15, -0.1) is 11.8 Å². The molecule has 6 heteroatoms. The number of nitrogens with zero attached hydrogens (tertiary/aromatic N) is 3. The van der Waals surface area contributed by atoms with Gasteiger partial charge < -0.3 is 9.64 Å². The Hall–Kier alpha value is -1.01. The van der Waals surface area contributed by atoms with Gasteiger partial charge in [0, 0.05) is 31.1 Å². The average molecular weight is 340 g/mol. The molecular formula is C17H29N3O2S. The van der Waals surface area contributed by atoms with Gasteiger partial charge in [0.1, 0.15) is 5.82 Å². The van der Waals surface area contributed by atoms with Crippen molar-refractivity contribution < 1.29 is 4.74 Å². The van der Waals surface area contributed by atoms with Crippen LogP contribution in [0.5, 0.6) is 0 Å². The molecule has 0 aromatic carbocycles. The third-order valence-corrected chi connectivity index (χ3v) is 5.74. The highest BCUT2D eigenvalue weighted by Crippen LogP contribution is 2.40. The number of thioether (sulfide) groups is 1. The fourth-order valence-electron chi connectivity index (χ4n) is 2.85. The molecule has 0 bridgehead atoms. The first kappa shape index (κ1) is 18.3. The molecule has 1 aromatic heterocycles. The van der Waals surface area contributed by atoms with Crippen LogP contribution in [-0.2, 0) is 4.74 Å². The molecule has 23 heavy (non-hydrogen) atoms. The van der Waals surface area contributed by atoms with Crippen LogP contribution in [0.25, 0.3) is 0 Å². The number of rotatable bonds is 9. The van der Waals surface area contributed by atoms with Gasteiger partial charge >= 0.3 is 5.69 Å². The summed E-state index contributed by atoms with van der Waals surface area (Å²) in [5.41, 5.74) is -0.132. The molecule has 1 unspecified atom stereocenters. The van der Waals surface area contributed by atoms with Crippen LogP contribution < -0.4 is 10.6 Å². The van der Waals surface area contributed by atoms with E-state index >= 15 is 0 Å². The number of aromatic nitrogens is 2. The summed E-state index contributed by atoms with van der Waals surface area (Å²) in [7, 11) is 0. The first-order valence-electron chi connectivity index (χ1n) is 8.76. The van der Waals surface area contributed by atoms with E-state index in [1.807, 2.05) is 30.9 Å². The van der Waals surface area contributed by atoms with Gasteiger partial charge in [-0.05, 0) is 39.2 Å². The number of anilines is 1. The Morgan fingerprint density at radius 3 is 2.87 bits per heavy atom. The van der Waals surface area contributed by atoms with Crippen molar-refractivity contribution in [3.8, 4) is 0 Å². The summed E-state index contributed by atoms with van der Waals surface area (Å²) in [6.07, 6.45) is 6.29. The molecule has 0 saturated carbocycles. The standard InChI is InChI=1S/C17H29N3O2S/c1-4-7-11-19(5-2)15-10-12-20(17(21)18-15)16-9-8-14(23-16)13-22-6-3/h10,12,14,16H,4-9,11,13H2,1-3H3/t14-,16?/m1/s1. The average Bonchev–Trinajstić information content (AvgIpc) is 3.02. The van der Waals surface area contributed by atoms with Gasteiger partial charge in [0.25, 0.3) is 0 Å². The lowest BCUT2D eigenvalue weighted by atomic mass is 10.2. The zero-order valence-corrected chi connectivity index (χ0v) is 15.3. The van der Waals surface area contributed by atoms with Crippen molar-refractivity contribution in [2.24, 2.45) is 0 Å². The van der Waals surface area contributed by atoms with E-state index in [-0.39, 0.29) is 11.1 Å². The molecule has 2 atom stereocenters. The summed E-state index contributed by atoms with van der Waals surface area (Å²) in [5.74, 6) is 0.802. The van der Waals surface area contributed by atoms with Crippen molar-refractivity contribution in [3.05, 3.63) is 22.7 Å². The van der Waals surface area contributed by atoms with Gasteiger partial charge in [-0.3, -0.25) is 4.57 Å². The second-order valence-corrected chi connectivity index (χ2v) is 7.34. The van der Waals surface area contributed by atoms with E-state index in [4.69, 9.17) is 4.74 Å². The van der Waals surface area contributed by atoms with Gasteiger partial charge in [-0.25, -0.2) is 4.79 Å². The van der Waals surface area contributed by atoms with Crippen molar-refractivity contribution in [3.63, 3.8) is 0 Å². The largest absolute Gasteiger partial charge is 0.381 e. The first-order chi connectivity index (χ1) is 11.2. The molecule has 0 aliphatic carbocycles. The van der Waals surface area contributed by atoms with Crippen LogP contribution in [0, 0.1) is 0 Å². The van der Waals surface area contributed by atoms with Gasteiger partial charge in [0.2, 0.25) is 0 Å². The maximum absolute atomic E-state index is 12.4. The summed E-state index contributed by atoms with van der Waals surface area (Å²) in [6.45, 7) is 9.66. The maximum atomic E-state index is 12.4. The lowest BCUT2D eigenvalue weighted by molar-refractivity contribution is 0.148. The molecular weight excluding hydrogens is 310 g/mol. The van der Waals surface area contributed by atoms with Crippen molar-refractivity contribution >= 4 is 17.6 Å². The molecule has 130 valence electrons. The fourth-order valence-corrected chi connectivity index (χ4v) is 4.30. The molecule has 0 spiro atoms. The van der Waals surface area contributed by atoms with E-state index in [1.165, 1.54) is 0 Å². The summed E-state index contributed by atoms with van der Waals surface area (Å²) in [5, 5.41) is 0.684. The van der Waals surface area contributed by atoms with Crippen LogP contribution in [0.3, 0.4) is 0 Å². The van der Waals surface area contributed by atoms with E-state index < -0.39 is 0 Å². The highest BCUT2D eigenvalue weighted by atomic mass is 32.2. The minimum absolute atomic E-state index is 0.132. The summed E-state index contributed by atoms with van der Waals surface area (Å²) >= 11 is 1.84. The SMILES string of the molecule is CCCCN(CC)c1ccn(C2CC[C@H](COCC)S2)c(=O)n1. The summed E-state index contributed by atoms with van der Waals surface area (Å²) < 4.78 is 7.29. The van der Waals surface area contributed by atoms with Crippen LogP contribution in [0.4, 0.5) is 5.82 Å². The van der Waals surface area contributed by atoms with E-state index in [0.717, 1.165) is 57.8 Å². The normalized spacial score (nSPS) is 20.8. The Morgan fingerprint density at radius 2 is 2.22 bits per heavy atom. The van der Waals surface area contributed by atoms with Gasteiger partial charge in [-0.2, -0.15) is 4.98 Å². The van der Waals surface area contributed by atoms with E-state index in [1.54, 1.807) is 4.57 Å². The number of hydrogen-bond acceptors (Lipinski definition) is 5. The Labute approximate surface area is 143 Å². The predicted octanol–water partition coefficient (Wildman–Crippen LogP) is 3.30. The summed E-state index contributed by atoms with van der Waals surface area (Å²) in [4.78, 5) is 18.9. The summed E-state index contributed by atoms with van der Waals surface area (Å²) in [6, 6.07) is 1.98. The fraction of sp³-hybridized carbons (Fsp3) is 0.765. The van der Waals surface area contributed by atoms with Gasteiger partial charge in [0.15, 0.2) is 0 Å². The maximum Gasteiger partial charge on any atom is 0.350 e. The van der Waals surface area contributed by atoms with Crippen molar-refractivity contribution in [2.75, 3.05) is 31.2 Å². The van der Waals surface area contributed by atoms with Crippen LogP contribution >= 0.6 is 11.8 Å². The molecule has 2 heterocycles. The molecule has 1 saturated heterocycles. The van der Waals surface area contributed by atoms with Crippen LogP contribution in [0.15, 0.2) is 17.1 Å². The minimum Gasteiger partial charge on any atom is -0.381 e. The third kappa shape index (κ3) is 4.98. The Morgan fingerprint density at radius 1 is 1.39 bits per heavy atom. The second kappa shape index (κ2) is 9.33. The second-order valence-electron chi connectivity index (χ2n) is 5.86. The molecule has 2 rings (SSSR count). The first-order valence-corrected chi connectivity index (χ1v) is 9.71. The molecule has 0 radical (unpaired) electrons. The van der Waals surface area contributed by atoms with Crippen LogP contribution in [0.1, 0.15) is 51.8 Å². The lowest BCUT2D eigenvalue weighted by Gasteiger charge is -2.22. The molecule has 0 amide bonds. The number of hydrogen-bond donors (Lipinski definition) is 0. The van der Waals surface area contributed by atoms with Crippen molar-refractivity contribution in [1.29, 1.82) is 0 Å². The minimum atomic E-state index is -0.132. The Balaban J connectivity index is 2.03. The Kier molecular flexibility index (Phi) is 7.43. The number of unbranched alkanes of at least 4 members (excludes halogenated alkanes) is 1. The lowest BCUT2D eigenvalue weighted by Crippen LogP contribution is -2.30. The van der Waals surface area contributed by atoms with Crippen LogP contribution in [-0.4, -0.2) is 41.1 Å². The van der Waals surface area contributed by atoms with E-state index in [0.29, 0.717) is 5.25 Å². The Bertz CT molecular complexity index is 535. The zero-order valence-electron chi connectivity index (χ0n) is 14.5. The van der Waals surface area contributed by atoms with Crippen molar-refractivity contribution in [2.45, 2.75) is 57.1 Å². The van der Waals surface area contributed by atoms with E-state index in [2.05, 4.69) is 23.7 Å². The zero-order chi connectivity index (χ0) is 16.7. The topological polar surface area (TPSA) is 47.4 Å². The molecule has 0 N–H and O–H groups in total. The van der Waals surface area contributed by atoms with Crippen LogP contribution in [0.2, 0.25) is 0 Å². The highest BCUT2D eigenvalue weighted by molar-refractivity contribution is 8.00. The van der Waals surface area contributed by atoms with Gasteiger partial charge in [-0.1, -0.05) is 13.3 Å². The predicted molar refractivity (Wildman–Crippen MR) is 97.4 cm³/mol. The molecule has 1 fully saturated rings. The highest BCUT2D eigenvalue weighted by Gasteiger charge is 2.27. The molecule has 1 aliphatic rings. The third-order valence-electron chi connectivity index (χ3n) is 4.21. The van der Waals surface area contributed by atoms with Crippen molar-refractivity contribution in [1.82, 2.24) is 9.55 Å². The molecule has 1 aromatic rings.